The van der Waals surface area contributed by atoms with Gasteiger partial charge in [0, 0.05) is 13.1 Å². The molecule has 0 saturated carbocycles. The first-order valence-electron chi connectivity index (χ1n) is 6.10. The molecule has 0 unspecified atom stereocenters. The predicted octanol–water partition coefficient (Wildman–Crippen LogP) is 4.00. The number of alkyl halides is 3. The third-order valence-corrected chi connectivity index (χ3v) is 4.04. The predicted molar refractivity (Wildman–Crippen MR) is 68.8 cm³/mol. The first-order chi connectivity index (χ1) is 9.30. The molecular weight excluding hydrogens is 342 g/mol. The van der Waals surface area contributed by atoms with Crippen molar-refractivity contribution < 1.29 is 22.4 Å². The highest BCUT2D eigenvalue weighted by molar-refractivity contribution is 9.10. The number of halogens is 5. The number of carbonyl (C=O) groups excluding carboxylic acids is 1. The smallest absolute Gasteiger partial charge is 0.339 e. The highest BCUT2D eigenvalue weighted by Crippen LogP contribution is 2.34. The van der Waals surface area contributed by atoms with Gasteiger partial charge in [0.15, 0.2) is 0 Å². The Labute approximate surface area is 121 Å². The van der Waals surface area contributed by atoms with Crippen LogP contribution in [0, 0.1) is 11.7 Å². The monoisotopic (exact) mass is 353 g/mol. The molecule has 1 aromatic carbocycles. The second kappa shape index (κ2) is 5.71. The average molecular weight is 354 g/mol. The Hall–Kier alpha value is -1.11. The fourth-order valence-electron chi connectivity index (χ4n) is 2.25. The van der Waals surface area contributed by atoms with Crippen LogP contribution in [0.2, 0.25) is 0 Å². The van der Waals surface area contributed by atoms with Gasteiger partial charge in [0.25, 0.3) is 5.91 Å². The van der Waals surface area contributed by atoms with Crippen LogP contribution >= 0.6 is 15.9 Å². The van der Waals surface area contributed by atoms with E-state index in [-0.39, 0.29) is 36.0 Å². The average Bonchev–Trinajstić information content (AvgIpc) is 2.40. The van der Waals surface area contributed by atoms with Gasteiger partial charge in [-0.2, -0.15) is 13.2 Å². The molecule has 1 heterocycles. The molecule has 1 aromatic rings. The molecular formula is C13H12BrF4NO. The maximum atomic E-state index is 13.8. The summed E-state index contributed by atoms with van der Waals surface area (Å²) < 4.78 is 51.6. The van der Waals surface area contributed by atoms with Gasteiger partial charge in [-0.25, -0.2) is 4.39 Å². The minimum absolute atomic E-state index is 0.00500. The molecule has 1 aliphatic rings. The van der Waals surface area contributed by atoms with E-state index in [9.17, 15) is 22.4 Å². The van der Waals surface area contributed by atoms with Gasteiger partial charge >= 0.3 is 6.18 Å². The van der Waals surface area contributed by atoms with Crippen LogP contribution in [-0.2, 0) is 0 Å². The second-order valence-electron chi connectivity index (χ2n) is 4.71. The zero-order chi connectivity index (χ0) is 14.9. The molecule has 0 radical (unpaired) electrons. The molecule has 20 heavy (non-hydrogen) atoms. The molecule has 1 amide bonds. The number of piperidine rings is 1. The summed E-state index contributed by atoms with van der Waals surface area (Å²) in [7, 11) is 0. The van der Waals surface area contributed by atoms with E-state index >= 15 is 0 Å². The van der Waals surface area contributed by atoms with Crippen molar-refractivity contribution >= 4 is 21.8 Å². The summed E-state index contributed by atoms with van der Waals surface area (Å²) in [6.45, 7) is -0.00999. The molecule has 1 aliphatic heterocycles. The van der Waals surface area contributed by atoms with Crippen molar-refractivity contribution in [1.29, 1.82) is 0 Å². The number of amides is 1. The zero-order valence-electron chi connectivity index (χ0n) is 10.4. The van der Waals surface area contributed by atoms with E-state index in [1.54, 1.807) is 0 Å². The summed E-state index contributed by atoms with van der Waals surface area (Å²) >= 11 is 2.98. The maximum absolute atomic E-state index is 13.8. The zero-order valence-corrected chi connectivity index (χ0v) is 12.0. The van der Waals surface area contributed by atoms with Crippen molar-refractivity contribution in [2.45, 2.75) is 19.0 Å². The fraction of sp³-hybridized carbons (Fsp3) is 0.462. The Balaban J connectivity index is 2.07. The Morgan fingerprint density at radius 3 is 2.40 bits per heavy atom. The van der Waals surface area contributed by atoms with Crippen LogP contribution in [0.4, 0.5) is 17.6 Å². The van der Waals surface area contributed by atoms with Gasteiger partial charge in [-0.3, -0.25) is 4.79 Å². The van der Waals surface area contributed by atoms with Crippen LogP contribution in [-0.4, -0.2) is 30.1 Å². The van der Waals surface area contributed by atoms with E-state index in [0.717, 1.165) is 0 Å². The number of hydrogen-bond donors (Lipinski definition) is 0. The number of carbonyl (C=O) groups is 1. The molecule has 0 aliphatic carbocycles. The molecule has 0 atom stereocenters. The summed E-state index contributed by atoms with van der Waals surface area (Å²) in [4.78, 5) is 13.4. The normalized spacial score (nSPS) is 17.4. The highest BCUT2D eigenvalue weighted by Gasteiger charge is 2.41. The summed E-state index contributed by atoms with van der Waals surface area (Å²) in [6, 6.07) is 4.31. The van der Waals surface area contributed by atoms with Crippen LogP contribution < -0.4 is 0 Å². The van der Waals surface area contributed by atoms with Crippen molar-refractivity contribution in [1.82, 2.24) is 4.90 Å². The van der Waals surface area contributed by atoms with Gasteiger partial charge in [0.2, 0.25) is 0 Å². The molecule has 0 bridgehead atoms. The summed E-state index contributed by atoms with van der Waals surface area (Å²) in [6.07, 6.45) is -4.49. The first-order valence-corrected chi connectivity index (χ1v) is 6.90. The van der Waals surface area contributed by atoms with E-state index in [1.165, 1.54) is 23.1 Å². The SMILES string of the molecule is O=C(c1cccc(Br)c1F)N1CCC(C(F)(F)F)CC1. The van der Waals surface area contributed by atoms with Crippen molar-refractivity contribution in [3.05, 3.63) is 34.1 Å². The van der Waals surface area contributed by atoms with Crippen molar-refractivity contribution in [2.75, 3.05) is 13.1 Å². The Morgan fingerprint density at radius 2 is 1.85 bits per heavy atom. The van der Waals surface area contributed by atoms with Crippen LogP contribution in [0.25, 0.3) is 0 Å². The topological polar surface area (TPSA) is 20.3 Å². The van der Waals surface area contributed by atoms with Crippen LogP contribution in [0.3, 0.4) is 0 Å². The Kier molecular flexibility index (Phi) is 4.36. The number of likely N-dealkylation sites (tertiary alicyclic amines) is 1. The largest absolute Gasteiger partial charge is 0.391 e. The molecule has 110 valence electrons. The first kappa shape index (κ1) is 15.3. The van der Waals surface area contributed by atoms with E-state index in [0.29, 0.717) is 0 Å². The minimum Gasteiger partial charge on any atom is -0.339 e. The molecule has 1 saturated heterocycles. The van der Waals surface area contributed by atoms with E-state index in [4.69, 9.17) is 0 Å². The van der Waals surface area contributed by atoms with Crippen molar-refractivity contribution in [3.63, 3.8) is 0 Å². The lowest BCUT2D eigenvalue weighted by Crippen LogP contribution is -2.42. The van der Waals surface area contributed by atoms with Gasteiger partial charge in [-0.05, 0) is 40.9 Å². The molecule has 1 fully saturated rings. The van der Waals surface area contributed by atoms with Crippen molar-refractivity contribution in [2.24, 2.45) is 5.92 Å². The van der Waals surface area contributed by atoms with Gasteiger partial charge in [0.05, 0.1) is 16.0 Å². The molecule has 0 spiro atoms. The van der Waals surface area contributed by atoms with Gasteiger partial charge in [0.1, 0.15) is 5.82 Å². The van der Waals surface area contributed by atoms with E-state index < -0.39 is 23.8 Å². The molecule has 0 aromatic heterocycles. The van der Waals surface area contributed by atoms with Crippen LogP contribution in [0.1, 0.15) is 23.2 Å². The molecule has 2 rings (SSSR count). The third-order valence-electron chi connectivity index (χ3n) is 3.43. The van der Waals surface area contributed by atoms with Crippen LogP contribution in [0.5, 0.6) is 0 Å². The Bertz CT molecular complexity index is 510. The maximum Gasteiger partial charge on any atom is 0.391 e. The third kappa shape index (κ3) is 3.13. The highest BCUT2D eigenvalue weighted by atomic mass is 79.9. The van der Waals surface area contributed by atoms with Gasteiger partial charge in [-0.1, -0.05) is 6.07 Å². The summed E-state index contributed by atoms with van der Waals surface area (Å²) in [5.41, 5.74) is -0.121. The van der Waals surface area contributed by atoms with Crippen molar-refractivity contribution in [3.8, 4) is 0 Å². The quantitative estimate of drug-likeness (QED) is 0.698. The molecule has 0 N–H and O–H groups in total. The lowest BCUT2D eigenvalue weighted by atomic mass is 9.96. The molecule has 7 heteroatoms. The summed E-state index contributed by atoms with van der Waals surface area (Å²) in [5.74, 6) is -2.63. The number of nitrogens with zero attached hydrogens (tertiary/aromatic N) is 1. The second-order valence-corrected chi connectivity index (χ2v) is 5.56. The lowest BCUT2D eigenvalue weighted by molar-refractivity contribution is -0.183. The number of hydrogen-bond acceptors (Lipinski definition) is 1. The standard InChI is InChI=1S/C13H12BrF4NO/c14-10-3-1-2-9(11(10)15)12(20)19-6-4-8(5-7-19)13(16,17)18/h1-3,8H,4-7H2. The van der Waals surface area contributed by atoms with Gasteiger partial charge < -0.3 is 4.90 Å². The summed E-state index contributed by atoms with van der Waals surface area (Å²) in [5, 5.41) is 0. The van der Waals surface area contributed by atoms with E-state index in [2.05, 4.69) is 15.9 Å². The number of benzene rings is 1. The van der Waals surface area contributed by atoms with Gasteiger partial charge in [-0.15, -0.1) is 0 Å². The molecule has 2 nitrogen and oxygen atoms in total. The number of rotatable bonds is 1. The fourth-order valence-corrected chi connectivity index (χ4v) is 2.62. The minimum atomic E-state index is -4.23. The van der Waals surface area contributed by atoms with Crippen LogP contribution in [0.15, 0.2) is 22.7 Å². The lowest BCUT2D eigenvalue weighted by Gasteiger charge is -2.33. The van der Waals surface area contributed by atoms with E-state index in [1.807, 2.05) is 0 Å². The Morgan fingerprint density at radius 1 is 1.25 bits per heavy atom.